The molecule has 2 aromatic heterocycles. The highest BCUT2D eigenvalue weighted by molar-refractivity contribution is 5.87. The van der Waals surface area contributed by atoms with Crippen molar-refractivity contribution in [2.24, 2.45) is 0 Å². The molecular formula is C10H11N5O3. The van der Waals surface area contributed by atoms with Crippen molar-refractivity contribution in [3.8, 4) is 0 Å². The Kier molecular flexibility index (Phi) is 2.29. The molecule has 3 rings (SSSR count). The van der Waals surface area contributed by atoms with Crippen molar-refractivity contribution >= 4 is 23.0 Å². The molecule has 0 spiro atoms. The molecule has 2 aromatic rings. The van der Waals surface area contributed by atoms with Gasteiger partial charge in [0.15, 0.2) is 11.3 Å². The largest absolute Gasteiger partial charge is 0.480 e. The van der Waals surface area contributed by atoms with Gasteiger partial charge in [-0.25, -0.2) is 19.7 Å². The average molecular weight is 249 g/mol. The summed E-state index contributed by atoms with van der Waals surface area (Å²) in [7, 11) is 0. The van der Waals surface area contributed by atoms with Crippen LogP contribution in [0.1, 0.15) is 12.8 Å². The number of fused-ring (bicyclic) bond motifs is 1. The van der Waals surface area contributed by atoms with E-state index in [0.717, 1.165) is 11.2 Å². The Morgan fingerprint density at radius 2 is 2.22 bits per heavy atom. The number of carboxylic acids is 1. The molecule has 1 fully saturated rings. The second-order valence-corrected chi connectivity index (χ2v) is 4.15. The number of aliphatic carboxylic acids is 1. The fraction of sp³-hybridized carbons (Fsp3) is 0.400. The first-order valence-corrected chi connectivity index (χ1v) is 5.55. The van der Waals surface area contributed by atoms with Gasteiger partial charge in [-0.2, -0.15) is 4.73 Å². The lowest BCUT2D eigenvalue weighted by Crippen LogP contribution is -2.36. The maximum Gasteiger partial charge on any atom is 0.326 e. The number of carbonyl (C=O) groups is 1. The number of hydrogen-bond donors (Lipinski definition) is 2. The van der Waals surface area contributed by atoms with Crippen LogP contribution < -0.4 is 4.90 Å². The lowest BCUT2D eigenvalue weighted by molar-refractivity contribution is -0.138. The van der Waals surface area contributed by atoms with Gasteiger partial charge in [0.05, 0.1) is 0 Å². The van der Waals surface area contributed by atoms with Gasteiger partial charge in [0, 0.05) is 6.54 Å². The fourth-order valence-electron chi connectivity index (χ4n) is 2.30. The summed E-state index contributed by atoms with van der Waals surface area (Å²) in [4.78, 5) is 24.9. The highest BCUT2D eigenvalue weighted by atomic mass is 16.5. The van der Waals surface area contributed by atoms with E-state index < -0.39 is 12.0 Å². The zero-order chi connectivity index (χ0) is 12.7. The number of hydrogen-bond acceptors (Lipinski definition) is 6. The van der Waals surface area contributed by atoms with Crippen LogP contribution in [0.4, 0.5) is 5.82 Å². The maximum atomic E-state index is 11.2. The predicted molar refractivity (Wildman–Crippen MR) is 60.5 cm³/mol. The van der Waals surface area contributed by atoms with Gasteiger partial charge in [-0.1, -0.05) is 0 Å². The molecule has 2 N–H and O–H groups in total. The van der Waals surface area contributed by atoms with Crippen LogP contribution in [0.3, 0.4) is 0 Å². The molecule has 18 heavy (non-hydrogen) atoms. The van der Waals surface area contributed by atoms with E-state index >= 15 is 0 Å². The van der Waals surface area contributed by atoms with Gasteiger partial charge < -0.3 is 15.2 Å². The van der Waals surface area contributed by atoms with Crippen molar-refractivity contribution in [3.63, 3.8) is 0 Å². The summed E-state index contributed by atoms with van der Waals surface area (Å²) in [6.45, 7) is 0.612. The third kappa shape index (κ3) is 1.45. The number of imidazole rings is 1. The van der Waals surface area contributed by atoms with Crippen LogP contribution in [0.15, 0.2) is 12.7 Å². The maximum absolute atomic E-state index is 11.2. The Morgan fingerprint density at radius 3 is 3.00 bits per heavy atom. The Labute approximate surface area is 101 Å². The minimum atomic E-state index is -0.873. The summed E-state index contributed by atoms with van der Waals surface area (Å²) < 4.78 is 0.798. The Morgan fingerprint density at radius 1 is 1.39 bits per heavy atom. The molecule has 1 aliphatic rings. The van der Waals surface area contributed by atoms with E-state index in [1.165, 1.54) is 12.7 Å². The van der Waals surface area contributed by atoms with Crippen molar-refractivity contribution < 1.29 is 15.1 Å². The van der Waals surface area contributed by atoms with Gasteiger partial charge in [0.2, 0.25) is 5.65 Å². The standard InChI is InChI=1S/C10H11N5O3/c16-10(17)6-2-1-3-14(6)8-7-9(12-4-11-8)15(18)5-13-7/h4-6,18H,1-3H2,(H,16,17)/t6-/m0/s1. The molecule has 0 bridgehead atoms. The van der Waals surface area contributed by atoms with E-state index in [1.54, 1.807) is 4.90 Å². The van der Waals surface area contributed by atoms with Gasteiger partial charge in [-0.15, -0.1) is 0 Å². The first kappa shape index (κ1) is 10.8. The van der Waals surface area contributed by atoms with E-state index in [1.807, 2.05) is 0 Å². The monoisotopic (exact) mass is 249 g/mol. The highest BCUT2D eigenvalue weighted by Gasteiger charge is 2.33. The molecule has 0 aromatic carbocycles. The van der Waals surface area contributed by atoms with Crippen LogP contribution in [0.25, 0.3) is 11.2 Å². The smallest absolute Gasteiger partial charge is 0.326 e. The zero-order valence-corrected chi connectivity index (χ0v) is 9.39. The number of aromatic nitrogens is 4. The minimum absolute atomic E-state index is 0.274. The molecule has 0 radical (unpaired) electrons. The second-order valence-electron chi connectivity index (χ2n) is 4.15. The van der Waals surface area contributed by atoms with E-state index in [9.17, 15) is 10.0 Å². The number of rotatable bonds is 2. The predicted octanol–water partition coefficient (Wildman–Crippen LogP) is 0.117. The fourth-order valence-corrected chi connectivity index (χ4v) is 2.30. The van der Waals surface area contributed by atoms with Crippen molar-refractivity contribution in [1.82, 2.24) is 19.7 Å². The van der Waals surface area contributed by atoms with Crippen molar-refractivity contribution in [3.05, 3.63) is 12.7 Å². The Hall–Kier alpha value is -2.38. The van der Waals surface area contributed by atoms with Crippen LogP contribution in [0.5, 0.6) is 0 Å². The SMILES string of the molecule is O=C(O)[C@@H]1CCCN1c1ncnc2c1ncn2O. The van der Waals surface area contributed by atoms with Gasteiger partial charge in [0.25, 0.3) is 0 Å². The van der Waals surface area contributed by atoms with E-state index in [2.05, 4.69) is 15.0 Å². The molecule has 3 heterocycles. The quantitative estimate of drug-likeness (QED) is 0.728. The lowest BCUT2D eigenvalue weighted by atomic mass is 10.2. The van der Waals surface area contributed by atoms with E-state index in [4.69, 9.17) is 5.11 Å². The van der Waals surface area contributed by atoms with E-state index in [0.29, 0.717) is 24.3 Å². The summed E-state index contributed by atoms with van der Waals surface area (Å²) in [5.74, 6) is -0.416. The van der Waals surface area contributed by atoms with Crippen molar-refractivity contribution in [2.45, 2.75) is 18.9 Å². The van der Waals surface area contributed by atoms with Crippen LogP contribution in [-0.4, -0.2) is 48.6 Å². The normalized spacial score (nSPS) is 19.6. The van der Waals surface area contributed by atoms with Gasteiger partial charge >= 0.3 is 5.97 Å². The molecule has 1 aliphatic heterocycles. The van der Waals surface area contributed by atoms with Crippen LogP contribution >= 0.6 is 0 Å². The molecule has 8 heteroatoms. The number of anilines is 1. The summed E-state index contributed by atoms with van der Waals surface area (Å²) in [5, 5.41) is 18.6. The first-order valence-electron chi connectivity index (χ1n) is 5.55. The van der Waals surface area contributed by atoms with Crippen LogP contribution in [0, 0.1) is 0 Å². The third-order valence-corrected chi connectivity index (χ3v) is 3.11. The van der Waals surface area contributed by atoms with Crippen LogP contribution in [-0.2, 0) is 4.79 Å². The molecule has 8 nitrogen and oxygen atoms in total. The summed E-state index contributed by atoms with van der Waals surface area (Å²) in [6, 6.07) is -0.591. The molecule has 0 unspecified atom stereocenters. The Bertz CT molecular complexity index is 611. The summed E-state index contributed by atoms with van der Waals surface area (Å²) in [6.07, 6.45) is 3.89. The topological polar surface area (TPSA) is 104 Å². The molecular weight excluding hydrogens is 238 g/mol. The first-order chi connectivity index (χ1) is 8.68. The average Bonchev–Trinajstić information content (AvgIpc) is 2.96. The van der Waals surface area contributed by atoms with Gasteiger partial charge in [-0.3, -0.25) is 0 Å². The summed E-state index contributed by atoms with van der Waals surface area (Å²) >= 11 is 0. The minimum Gasteiger partial charge on any atom is -0.480 e. The van der Waals surface area contributed by atoms with E-state index in [-0.39, 0.29) is 5.65 Å². The highest BCUT2D eigenvalue weighted by Crippen LogP contribution is 2.28. The number of nitrogens with zero attached hydrogens (tertiary/aromatic N) is 5. The Balaban J connectivity index is 2.11. The molecule has 0 saturated carbocycles. The van der Waals surface area contributed by atoms with Crippen molar-refractivity contribution in [2.75, 3.05) is 11.4 Å². The third-order valence-electron chi connectivity index (χ3n) is 3.11. The second kappa shape index (κ2) is 3.83. The molecule has 94 valence electrons. The van der Waals surface area contributed by atoms with Gasteiger partial charge in [0.1, 0.15) is 18.7 Å². The summed E-state index contributed by atoms with van der Waals surface area (Å²) in [5.41, 5.74) is 0.684. The molecule has 1 saturated heterocycles. The molecule has 0 amide bonds. The lowest BCUT2D eigenvalue weighted by Gasteiger charge is -2.22. The molecule has 0 aliphatic carbocycles. The van der Waals surface area contributed by atoms with Crippen LogP contribution in [0.2, 0.25) is 0 Å². The molecule has 1 atom stereocenters. The number of carboxylic acid groups (broad SMARTS) is 1. The zero-order valence-electron chi connectivity index (χ0n) is 9.39. The van der Waals surface area contributed by atoms with Gasteiger partial charge in [-0.05, 0) is 12.8 Å². The van der Waals surface area contributed by atoms with Crippen molar-refractivity contribution in [1.29, 1.82) is 0 Å².